The van der Waals surface area contributed by atoms with E-state index >= 15 is 0 Å². The zero-order chi connectivity index (χ0) is 24.0. The van der Waals surface area contributed by atoms with Gasteiger partial charge >= 0.3 is 0 Å². The van der Waals surface area contributed by atoms with Crippen LogP contribution in [0.15, 0.2) is 79.3 Å². The molecule has 0 atom stereocenters. The fourth-order valence-electron chi connectivity index (χ4n) is 4.21. The fourth-order valence-corrected chi connectivity index (χ4v) is 4.21. The standard InChI is InChI=1S/C28H28N6O/c1-20-6-11-24(31-27(35)22-9-7-21(8-10-22)19-34-15-2-3-16-34)17-26(20)33-28-30-14-12-25(32-28)23-5-4-13-29-18-23/h4-14,17-18H,2-3,15-16,19H2,1H3,(H,31,35)(H,30,32,33). The summed E-state index contributed by atoms with van der Waals surface area (Å²) in [5, 5.41) is 6.28. The molecule has 7 heteroatoms. The van der Waals surface area contributed by atoms with Crippen LogP contribution in [0.5, 0.6) is 0 Å². The molecule has 0 saturated carbocycles. The van der Waals surface area contributed by atoms with Crippen molar-refractivity contribution in [3.63, 3.8) is 0 Å². The molecule has 0 aliphatic carbocycles. The van der Waals surface area contributed by atoms with E-state index in [-0.39, 0.29) is 5.91 Å². The van der Waals surface area contributed by atoms with Gasteiger partial charge in [-0.1, -0.05) is 18.2 Å². The number of hydrogen-bond acceptors (Lipinski definition) is 6. The van der Waals surface area contributed by atoms with Gasteiger partial charge in [-0.05, 0) is 86.4 Å². The van der Waals surface area contributed by atoms with Gasteiger partial charge in [-0.2, -0.15) is 0 Å². The van der Waals surface area contributed by atoms with Crippen LogP contribution in [0.4, 0.5) is 17.3 Å². The summed E-state index contributed by atoms with van der Waals surface area (Å²) in [7, 11) is 0. The first-order valence-electron chi connectivity index (χ1n) is 11.9. The lowest BCUT2D eigenvalue weighted by Crippen LogP contribution is -2.18. The Balaban J connectivity index is 1.27. The molecule has 1 aliphatic heterocycles. The highest BCUT2D eigenvalue weighted by molar-refractivity contribution is 6.04. The number of nitrogens with zero attached hydrogens (tertiary/aromatic N) is 4. The second-order valence-corrected chi connectivity index (χ2v) is 8.80. The van der Waals surface area contributed by atoms with E-state index in [0.29, 0.717) is 17.2 Å². The highest BCUT2D eigenvalue weighted by Gasteiger charge is 2.13. The molecule has 0 spiro atoms. The summed E-state index contributed by atoms with van der Waals surface area (Å²) >= 11 is 0. The Kier molecular flexibility index (Phi) is 6.77. The third-order valence-corrected chi connectivity index (χ3v) is 6.18. The molecule has 0 bridgehead atoms. The summed E-state index contributed by atoms with van der Waals surface area (Å²) in [4.78, 5) is 28.4. The molecule has 7 nitrogen and oxygen atoms in total. The normalized spacial score (nSPS) is 13.5. The number of benzene rings is 2. The van der Waals surface area contributed by atoms with E-state index in [0.717, 1.165) is 42.1 Å². The molecule has 0 unspecified atom stereocenters. The van der Waals surface area contributed by atoms with Crippen LogP contribution in [-0.4, -0.2) is 38.8 Å². The highest BCUT2D eigenvalue weighted by Crippen LogP contribution is 2.25. The smallest absolute Gasteiger partial charge is 0.255 e. The number of hydrogen-bond donors (Lipinski definition) is 2. The summed E-state index contributed by atoms with van der Waals surface area (Å²) in [6, 6.07) is 19.3. The Labute approximate surface area is 205 Å². The lowest BCUT2D eigenvalue weighted by Gasteiger charge is -2.15. The number of anilines is 3. The maximum atomic E-state index is 12.9. The molecule has 5 rings (SSSR count). The predicted molar refractivity (Wildman–Crippen MR) is 139 cm³/mol. The van der Waals surface area contributed by atoms with E-state index in [2.05, 4.69) is 30.5 Å². The van der Waals surface area contributed by atoms with Gasteiger partial charge in [0, 0.05) is 47.6 Å². The molecule has 1 aliphatic rings. The first kappa shape index (κ1) is 22.7. The summed E-state index contributed by atoms with van der Waals surface area (Å²) < 4.78 is 0. The molecule has 3 heterocycles. The van der Waals surface area contributed by atoms with Crippen molar-refractivity contribution < 1.29 is 4.79 Å². The van der Waals surface area contributed by atoms with E-state index < -0.39 is 0 Å². The average molecular weight is 465 g/mol. The molecule has 2 N–H and O–H groups in total. The van der Waals surface area contributed by atoms with E-state index in [4.69, 9.17) is 0 Å². The lowest BCUT2D eigenvalue weighted by molar-refractivity contribution is 0.102. The van der Waals surface area contributed by atoms with E-state index in [1.54, 1.807) is 18.6 Å². The third-order valence-electron chi connectivity index (χ3n) is 6.18. The van der Waals surface area contributed by atoms with E-state index in [9.17, 15) is 4.79 Å². The van der Waals surface area contributed by atoms with Gasteiger partial charge in [-0.15, -0.1) is 0 Å². The van der Waals surface area contributed by atoms with Crippen molar-refractivity contribution in [1.29, 1.82) is 0 Å². The minimum absolute atomic E-state index is 0.137. The predicted octanol–water partition coefficient (Wildman–Crippen LogP) is 5.44. The van der Waals surface area contributed by atoms with Gasteiger partial charge in [-0.3, -0.25) is 14.7 Å². The van der Waals surface area contributed by atoms with Gasteiger partial charge in [-0.25, -0.2) is 9.97 Å². The number of rotatable bonds is 7. The van der Waals surface area contributed by atoms with Gasteiger partial charge < -0.3 is 10.6 Å². The molecule has 1 saturated heterocycles. The lowest BCUT2D eigenvalue weighted by atomic mass is 10.1. The molecule has 1 amide bonds. The van der Waals surface area contributed by atoms with Crippen LogP contribution in [0, 0.1) is 6.92 Å². The molecule has 1 fully saturated rings. The van der Waals surface area contributed by atoms with Crippen molar-refractivity contribution in [1.82, 2.24) is 19.9 Å². The second kappa shape index (κ2) is 10.4. The summed E-state index contributed by atoms with van der Waals surface area (Å²) in [6.07, 6.45) is 7.76. The molecule has 2 aromatic carbocycles. The number of carbonyl (C=O) groups is 1. The van der Waals surface area contributed by atoms with Gasteiger partial charge in [0.1, 0.15) is 0 Å². The van der Waals surface area contributed by atoms with Crippen molar-refractivity contribution in [3.05, 3.63) is 95.9 Å². The summed E-state index contributed by atoms with van der Waals surface area (Å²) in [5.74, 6) is 0.342. The van der Waals surface area contributed by atoms with Crippen LogP contribution in [0.2, 0.25) is 0 Å². The molecule has 176 valence electrons. The van der Waals surface area contributed by atoms with Crippen LogP contribution in [-0.2, 0) is 6.54 Å². The van der Waals surface area contributed by atoms with Crippen molar-refractivity contribution in [3.8, 4) is 11.3 Å². The number of nitrogens with one attached hydrogen (secondary N) is 2. The minimum Gasteiger partial charge on any atom is -0.324 e. The van der Waals surface area contributed by atoms with Gasteiger partial charge in [0.05, 0.1) is 5.69 Å². The fraction of sp³-hybridized carbons (Fsp3) is 0.214. The van der Waals surface area contributed by atoms with Gasteiger partial charge in [0.2, 0.25) is 5.95 Å². The second-order valence-electron chi connectivity index (χ2n) is 8.80. The SMILES string of the molecule is Cc1ccc(NC(=O)c2ccc(CN3CCCC3)cc2)cc1Nc1nccc(-c2cccnc2)n1. The van der Waals surface area contributed by atoms with Crippen LogP contribution < -0.4 is 10.6 Å². The van der Waals surface area contributed by atoms with Crippen molar-refractivity contribution in [2.75, 3.05) is 23.7 Å². The zero-order valence-corrected chi connectivity index (χ0v) is 19.7. The number of carbonyl (C=O) groups excluding carboxylic acids is 1. The molecule has 0 radical (unpaired) electrons. The Morgan fingerprint density at radius 3 is 2.60 bits per heavy atom. The maximum absolute atomic E-state index is 12.9. The first-order valence-corrected chi connectivity index (χ1v) is 11.9. The van der Waals surface area contributed by atoms with Crippen LogP contribution in [0.1, 0.15) is 34.3 Å². The number of aryl methyl sites for hydroxylation is 1. The van der Waals surface area contributed by atoms with Crippen molar-refractivity contribution >= 4 is 23.2 Å². The highest BCUT2D eigenvalue weighted by atomic mass is 16.1. The molecular weight excluding hydrogens is 436 g/mol. The van der Waals surface area contributed by atoms with E-state index in [1.165, 1.54) is 18.4 Å². The number of likely N-dealkylation sites (tertiary alicyclic amines) is 1. The maximum Gasteiger partial charge on any atom is 0.255 e. The Morgan fingerprint density at radius 1 is 1.00 bits per heavy atom. The van der Waals surface area contributed by atoms with Crippen LogP contribution in [0.25, 0.3) is 11.3 Å². The number of aromatic nitrogens is 3. The van der Waals surface area contributed by atoms with Crippen molar-refractivity contribution in [2.24, 2.45) is 0 Å². The van der Waals surface area contributed by atoms with Gasteiger partial charge in [0.25, 0.3) is 5.91 Å². The largest absolute Gasteiger partial charge is 0.324 e. The molecule has 35 heavy (non-hydrogen) atoms. The average Bonchev–Trinajstić information content (AvgIpc) is 3.40. The quantitative estimate of drug-likeness (QED) is 0.379. The third kappa shape index (κ3) is 5.70. The minimum atomic E-state index is -0.137. The van der Waals surface area contributed by atoms with Crippen LogP contribution >= 0.6 is 0 Å². The number of pyridine rings is 1. The van der Waals surface area contributed by atoms with Crippen LogP contribution in [0.3, 0.4) is 0 Å². The summed E-state index contributed by atoms with van der Waals surface area (Å²) in [6.45, 7) is 5.26. The number of amides is 1. The monoisotopic (exact) mass is 464 g/mol. The molecule has 4 aromatic rings. The molecule has 2 aromatic heterocycles. The Bertz CT molecular complexity index is 1300. The first-order chi connectivity index (χ1) is 17.1. The van der Waals surface area contributed by atoms with Gasteiger partial charge in [0.15, 0.2) is 0 Å². The van der Waals surface area contributed by atoms with E-state index in [1.807, 2.05) is 67.6 Å². The Morgan fingerprint density at radius 2 is 1.83 bits per heavy atom. The Hall–Kier alpha value is -4.10. The summed E-state index contributed by atoms with van der Waals surface area (Å²) in [5.41, 5.74) is 6.12. The topological polar surface area (TPSA) is 83.0 Å². The zero-order valence-electron chi connectivity index (χ0n) is 19.7. The molecular formula is C28H28N6O. The van der Waals surface area contributed by atoms with Crippen molar-refractivity contribution in [2.45, 2.75) is 26.3 Å².